The topological polar surface area (TPSA) is 26.0 Å². The van der Waals surface area contributed by atoms with Crippen molar-refractivity contribution in [2.45, 2.75) is 0 Å². The molecule has 0 spiro atoms. The summed E-state index contributed by atoms with van der Waals surface area (Å²) in [5, 5.41) is 0. The zero-order valence-corrected chi connectivity index (χ0v) is 9.38. The lowest BCUT2D eigenvalue weighted by Gasteiger charge is -2.11. The summed E-state index contributed by atoms with van der Waals surface area (Å²) < 4.78 is 92.2. The zero-order valence-electron chi connectivity index (χ0n) is 9.38. The summed E-state index contributed by atoms with van der Waals surface area (Å²) in [6, 6.07) is 0.682. The predicted octanol–water partition coefficient (Wildman–Crippen LogP) is 3.91. The van der Waals surface area contributed by atoms with Crippen molar-refractivity contribution in [2.24, 2.45) is 0 Å². The number of benzene rings is 2. The lowest BCUT2D eigenvalue weighted by molar-refractivity contribution is 0.381. The molecule has 2 aromatic carbocycles. The first kappa shape index (κ1) is 14.2. The summed E-state index contributed by atoms with van der Waals surface area (Å²) in [5.41, 5.74) is 1.76. The van der Waals surface area contributed by atoms with E-state index in [2.05, 4.69) is 0 Å². The molecule has 0 bridgehead atoms. The van der Waals surface area contributed by atoms with Crippen molar-refractivity contribution in [1.29, 1.82) is 0 Å². The molecule has 0 saturated carbocycles. The first-order chi connectivity index (χ1) is 9.25. The van der Waals surface area contributed by atoms with Crippen molar-refractivity contribution >= 4 is 5.69 Å². The van der Waals surface area contributed by atoms with Gasteiger partial charge in [0.15, 0.2) is 23.3 Å². The van der Waals surface area contributed by atoms with E-state index in [1.54, 1.807) is 0 Å². The van der Waals surface area contributed by atoms with E-state index < -0.39 is 57.5 Å². The molecule has 20 heavy (non-hydrogen) atoms. The van der Waals surface area contributed by atoms with Crippen molar-refractivity contribution in [3.8, 4) is 11.1 Å². The average molecular weight is 295 g/mol. The van der Waals surface area contributed by atoms with Crippen molar-refractivity contribution < 1.29 is 30.7 Å². The fourth-order valence-electron chi connectivity index (χ4n) is 1.63. The molecular formula is C12H4F7N. The maximum Gasteiger partial charge on any atom is 0.200 e. The molecule has 0 aliphatic rings. The monoisotopic (exact) mass is 295 g/mol. The second kappa shape index (κ2) is 4.69. The van der Waals surface area contributed by atoms with Crippen LogP contribution in [0.4, 0.5) is 36.4 Å². The van der Waals surface area contributed by atoms with Gasteiger partial charge in [0.1, 0.15) is 11.6 Å². The van der Waals surface area contributed by atoms with Gasteiger partial charge in [0, 0.05) is 11.6 Å². The SMILES string of the molecule is Nc1c(F)cc(F)cc1-c1c(F)c(F)c(F)c(F)c1F. The molecule has 0 aromatic heterocycles. The molecule has 0 atom stereocenters. The molecule has 0 aliphatic heterocycles. The maximum absolute atomic E-state index is 13.5. The number of hydrogen-bond acceptors (Lipinski definition) is 1. The van der Waals surface area contributed by atoms with Gasteiger partial charge in [0.2, 0.25) is 5.82 Å². The minimum atomic E-state index is -2.38. The van der Waals surface area contributed by atoms with Crippen LogP contribution in [0.15, 0.2) is 12.1 Å². The van der Waals surface area contributed by atoms with E-state index in [1.807, 2.05) is 0 Å². The number of rotatable bonds is 1. The highest BCUT2D eigenvalue weighted by Crippen LogP contribution is 2.36. The maximum atomic E-state index is 13.5. The number of nitrogens with two attached hydrogens (primary N) is 1. The summed E-state index contributed by atoms with van der Waals surface area (Å²) >= 11 is 0. The van der Waals surface area contributed by atoms with Crippen LogP contribution in [0.5, 0.6) is 0 Å². The standard InChI is InChI=1S/C12H4F7N/c13-3-1-4(12(20)5(14)2-3)6-7(15)9(17)11(19)10(18)8(6)16/h1-2H,20H2. The van der Waals surface area contributed by atoms with E-state index in [1.165, 1.54) is 0 Å². The first-order valence-corrected chi connectivity index (χ1v) is 5.02. The Morgan fingerprint density at radius 1 is 0.650 bits per heavy atom. The average Bonchev–Trinajstić information content (AvgIpc) is 2.39. The fourth-order valence-corrected chi connectivity index (χ4v) is 1.63. The summed E-state index contributed by atoms with van der Waals surface area (Å²) in [6.45, 7) is 0. The fraction of sp³-hybridized carbons (Fsp3) is 0. The molecule has 0 unspecified atom stereocenters. The van der Waals surface area contributed by atoms with Gasteiger partial charge in [-0.25, -0.2) is 30.7 Å². The van der Waals surface area contributed by atoms with E-state index in [0.717, 1.165) is 0 Å². The Bertz CT molecular complexity index is 683. The molecule has 2 rings (SSSR count). The van der Waals surface area contributed by atoms with E-state index in [9.17, 15) is 30.7 Å². The normalized spacial score (nSPS) is 10.9. The van der Waals surface area contributed by atoms with Gasteiger partial charge in [-0.15, -0.1) is 0 Å². The van der Waals surface area contributed by atoms with E-state index in [4.69, 9.17) is 5.73 Å². The molecule has 0 heterocycles. The second-order valence-electron chi connectivity index (χ2n) is 3.79. The lowest BCUT2D eigenvalue weighted by Crippen LogP contribution is -2.06. The predicted molar refractivity (Wildman–Crippen MR) is 56.0 cm³/mol. The van der Waals surface area contributed by atoms with Gasteiger partial charge in [-0.1, -0.05) is 0 Å². The smallest absolute Gasteiger partial charge is 0.200 e. The van der Waals surface area contributed by atoms with Gasteiger partial charge in [-0.05, 0) is 6.07 Å². The Hall–Kier alpha value is -2.25. The Labute approximate surface area is 107 Å². The molecular weight excluding hydrogens is 291 g/mol. The first-order valence-electron chi connectivity index (χ1n) is 5.02. The highest BCUT2D eigenvalue weighted by Gasteiger charge is 2.28. The quantitative estimate of drug-likeness (QED) is 0.367. The van der Waals surface area contributed by atoms with Crippen molar-refractivity contribution in [2.75, 3.05) is 5.73 Å². The van der Waals surface area contributed by atoms with E-state index >= 15 is 0 Å². The molecule has 0 amide bonds. The number of nitrogen functional groups attached to an aromatic ring is 1. The third-order valence-electron chi connectivity index (χ3n) is 2.57. The van der Waals surface area contributed by atoms with Crippen LogP contribution in [0, 0.1) is 40.7 Å². The molecule has 106 valence electrons. The van der Waals surface area contributed by atoms with Crippen molar-refractivity contribution in [3.63, 3.8) is 0 Å². The van der Waals surface area contributed by atoms with Gasteiger partial charge in [0.05, 0.1) is 11.3 Å². The van der Waals surface area contributed by atoms with Gasteiger partial charge in [-0.3, -0.25) is 0 Å². The molecule has 0 saturated heterocycles. The van der Waals surface area contributed by atoms with E-state index in [0.29, 0.717) is 12.1 Å². The Kier molecular flexibility index (Phi) is 3.33. The Morgan fingerprint density at radius 2 is 1.10 bits per heavy atom. The van der Waals surface area contributed by atoms with Crippen LogP contribution in [-0.2, 0) is 0 Å². The highest BCUT2D eigenvalue weighted by molar-refractivity contribution is 5.77. The van der Waals surface area contributed by atoms with Crippen LogP contribution < -0.4 is 5.73 Å². The van der Waals surface area contributed by atoms with Gasteiger partial charge >= 0.3 is 0 Å². The minimum absolute atomic E-state index is 0.310. The van der Waals surface area contributed by atoms with Crippen LogP contribution in [0.3, 0.4) is 0 Å². The van der Waals surface area contributed by atoms with Crippen LogP contribution in [0.2, 0.25) is 0 Å². The molecule has 0 aliphatic carbocycles. The summed E-state index contributed by atoms with van der Waals surface area (Å²) in [4.78, 5) is 0. The lowest BCUT2D eigenvalue weighted by atomic mass is 10.0. The second-order valence-corrected chi connectivity index (χ2v) is 3.79. The van der Waals surface area contributed by atoms with Crippen LogP contribution >= 0.6 is 0 Å². The molecule has 0 fully saturated rings. The molecule has 2 N–H and O–H groups in total. The van der Waals surface area contributed by atoms with Gasteiger partial charge in [-0.2, -0.15) is 0 Å². The van der Waals surface area contributed by atoms with Crippen molar-refractivity contribution in [1.82, 2.24) is 0 Å². The third kappa shape index (κ3) is 1.97. The van der Waals surface area contributed by atoms with Crippen LogP contribution in [0.25, 0.3) is 11.1 Å². The highest BCUT2D eigenvalue weighted by atomic mass is 19.2. The number of halogens is 7. The summed E-state index contributed by atoms with van der Waals surface area (Å²) in [5.74, 6) is -14.0. The Balaban J connectivity index is 2.91. The van der Waals surface area contributed by atoms with Gasteiger partial charge in [0.25, 0.3) is 0 Å². The minimum Gasteiger partial charge on any atom is -0.396 e. The molecule has 0 radical (unpaired) electrons. The van der Waals surface area contributed by atoms with Crippen LogP contribution in [0.1, 0.15) is 0 Å². The van der Waals surface area contributed by atoms with E-state index in [-0.39, 0.29) is 0 Å². The molecule has 1 nitrogen and oxygen atoms in total. The van der Waals surface area contributed by atoms with Crippen LogP contribution in [-0.4, -0.2) is 0 Å². The van der Waals surface area contributed by atoms with Gasteiger partial charge < -0.3 is 5.73 Å². The number of hydrogen-bond donors (Lipinski definition) is 1. The molecule has 8 heteroatoms. The Morgan fingerprint density at radius 3 is 1.60 bits per heavy atom. The molecule has 2 aromatic rings. The number of anilines is 1. The third-order valence-corrected chi connectivity index (χ3v) is 2.57. The van der Waals surface area contributed by atoms with Crippen molar-refractivity contribution in [3.05, 3.63) is 52.9 Å². The summed E-state index contributed by atoms with van der Waals surface area (Å²) in [7, 11) is 0. The summed E-state index contributed by atoms with van der Waals surface area (Å²) in [6.07, 6.45) is 0. The zero-order chi connectivity index (χ0) is 15.2. The largest absolute Gasteiger partial charge is 0.396 e.